The van der Waals surface area contributed by atoms with Gasteiger partial charge in [-0.25, -0.2) is 4.79 Å². The highest BCUT2D eigenvalue weighted by molar-refractivity contribution is 6.05. The van der Waals surface area contributed by atoms with E-state index < -0.39 is 0 Å². The molecule has 1 aliphatic carbocycles. The number of aromatic nitrogens is 1. The summed E-state index contributed by atoms with van der Waals surface area (Å²) in [5, 5.41) is 4.20. The quantitative estimate of drug-likeness (QED) is 0.830. The normalized spacial score (nSPS) is 15.8. The molecule has 0 bridgehead atoms. The van der Waals surface area contributed by atoms with E-state index in [0.717, 1.165) is 28.6 Å². The lowest BCUT2D eigenvalue weighted by atomic mass is 10.0. The van der Waals surface area contributed by atoms with Crippen LogP contribution in [0, 0.1) is 0 Å². The summed E-state index contributed by atoms with van der Waals surface area (Å²) in [6.07, 6.45) is 9.35. The first-order valence-corrected chi connectivity index (χ1v) is 8.12. The van der Waals surface area contributed by atoms with Gasteiger partial charge in [-0.15, -0.1) is 0 Å². The summed E-state index contributed by atoms with van der Waals surface area (Å²) in [6.45, 7) is 4.24. The van der Waals surface area contributed by atoms with Crippen molar-refractivity contribution in [2.75, 3.05) is 7.11 Å². The molecule has 0 saturated heterocycles. The standard InChI is InChI=1S/C20H22N2O2/c1-13(2)21-12-14-7-9-15(10-8-14)19-11-17-16(20(23)24-3)5-4-6-18(17)22-19/h4-7,9-13,21-22H,8H2,1-3H3. The minimum atomic E-state index is -0.315. The van der Waals surface area contributed by atoms with Crippen LogP contribution in [0.4, 0.5) is 0 Å². The van der Waals surface area contributed by atoms with Crippen LogP contribution in [0.5, 0.6) is 0 Å². The fourth-order valence-electron chi connectivity index (χ4n) is 2.74. The molecule has 1 heterocycles. The van der Waals surface area contributed by atoms with Gasteiger partial charge in [0.25, 0.3) is 0 Å². The molecular formula is C20H22N2O2. The van der Waals surface area contributed by atoms with Gasteiger partial charge in [0, 0.05) is 28.8 Å². The van der Waals surface area contributed by atoms with E-state index in [1.165, 1.54) is 12.7 Å². The summed E-state index contributed by atoms with van der Waals surface area (Å²) in [6, 6.07) is 8.06. The van der Waals surface area contributed by atoms with Gasteiger partial charge < -0.3 is 15.0 Å². The van der Waals surface area contributed by atoms with Crippen LogP contribution in [0.25, 0.3) is 16.5 Å². The average molecular weight is 322 g/mol. The highest BCUT2D eigenvalue weighted by Crippen LogP contribution is 2.28. The van der Waals surface area contributed by atoms with Crippen LogP contribution in [0.2, 0.25) is 0 Å². The topological polar surface area (TPSA) is 54.1 Å². The molecule has 2 N–H and O–H groups in total. The Morgan fingerprint density at radius 2 is 2.17 bits per heavy atom. The highest BCUT2D eigenvalue weighted by Gasteiger charge is 2.14. The number of carbonyl (C=O) groups excluding carboxylic acids is 1. The maximum atomic E-state index is 11.9. The lowest BCUT2D eigenvalue weighted by Crippen LogP contribution is -2.16. The molecule has 0 atom stereocenters. The number of nitrogens with one attached hydrogen (secondary N) is 2. The Morgan fingerprint density at radius 3 is 2.83 bits per heavy atom. The zero-order chi connectivity index (χ0) is 17.1. The minimum Gasteiger partial charge on any atom is -0.465 e. The third-order valence-electron chi connectivity index (χ3n) is 4.02. The summed E-state index contributed by atoms with van der Waals surface area (Å²) < 4.78 is 4.86. The maximum Gasteiger partial charge on any atom is 0.338 e. The number of hydrogen-bond acceptors (Lipinski definition) is 3. The number of hydrogen-bond donors (Lipinski definition) is 2. The molecule has 0 fully saturated rings. The van der Waals surface area contributed by atoms with Crippen molar-refractivity contribution in [3.8, 4) is 0 Å². The lowest BCUT2D eigenvalue weighted by Gasteiger charge is -2.10. The van der Waals surface area contributed by atoms with E-state index in [1.807, 2.05) is 18.2 Å². The molecule has 1 aromatic heterocycles. The molecule has 0 radical (unpaired) electrons. The summed E-state index contributed by atoms with van der Waals surface area (Å²) in [7, 11) is 1.40. The Labute approximate surface area is 141 Å². The van der Waals surface area contributed by atoms with Gasteiger partial charge in [0.05, 0.1) is 12.7 Å². The SMILES string of the molecule is COC(=O)c1cccc2[nH]c(C3=CCC(=CNC(C)C)C=C3)cc12. The molecule has 3 rings (SSSR count). The van der Waals surface area contributed by atoms with Crippen LogP contribution < -0.4 is 5.32 Å². The largest absolute Gasteiger partial charge is 0.465 e. The number of carbonyl (C=O) groups is 1. The van der Waals surface area contributed by atoms with Crippen LogP contribution in [-0.4, -0.2) is 24.1 Å². The highest BCUT2D eigenvalue weighted by atomic mass is 16.5. The van der Waals surface area contributed by atoms with Gasteiger partial charge in [-0.05, 0) is 49.6 Å². The average Bonchev–Trinajstić information content (AvgIpc) is 3.03. The number of ether oxygens (including phenoxy) is 1. The number of H-pyrrole nitrogens is 1. The number of aromatic amines is 1. The monoisotopic (exact) mass is 322 g/mol. The molecular weight excluding hydrogens is 300 g/mol. The first-order valence-electron chi connectivity index (χ1n) is 8.12. The summed E-state index contributed by atoms with van der Waals surface area (Å²) in [5.41, 5.74) is 4.90. The van der Waals surface area contributed by atoms with Crippen molar-refractivity contribution in [3.05, 3.63) is 65.5 Å². The van der Waals surface area contributed by atoms with Crippen molar-refractivity contribution in [3.63, 3.8) is 0 Å². The fourth-order valence-corrected chi connectivity index (χ4v) is 2.74. The molecule has 24 heavy (non-hydrogen) atoms. The van der Waals surface area contributed by atoms with E-state index in [2.05, 4.69) is 48.6 Å². The molecule has 124 valence electrons. The van der Waals surface area contributed by atoms with Crippen LogP contribution >= 0.6 is 0 Å². The van der Waals surface area contributed by atoms with Gasteiger partial charge in [-0.3, -0.25) is 0 Å². The number of fused-ring (bicyclic) bond motifs is 1. The van der Waals surface area contributed by atoms with Crippen LogP contribution in [0.1, 0.15) is 36.3 Å². The van der Waals surface area contributed by atoms with Gasteiger partial charge in [-0.1, -0.05) is 24.3 Å². The predicted molar refractivity (Wildman–Crippen MR) is 97.7 cm³/mol. The molecule has 2 aromatic rings. The second-order valence-corrected chi connectivity index (χ2v) is 6.18. The second kappa shape index (κ2) is 6.79. The third-order valence-corrected chi connectivity index (χ3v) is 4.02. The summed E-state index contributed by atoms with van der Waals surface area (Å²) in [5.74, 6) is -0.315. The Hall–Kier alpha value is -2.75. The molecule has 1 aliphatic rings. The maximum absolute atomic E-state index is 11.9. The number of esters is 1. The number of rotatable bonds is 4. The molecule has 4 heteroatoms. The molecule has 0 amide bonds. The Bertz CT molecular complexity index is 854. The van der Waals surface area contributed by atoms with E-state index in [-0.39, 0.29) is 5.97 Å². The Balaban J connectivity index is 1.88. The third kappa shape index (κ3) is 3.27. The molecule has 0 unspecified atom stereocenters. The van der Waals surface area contributed by atoms with Crippen LogP contribution in [0.3, 0.4) is 0 Å². The van der Waals surface area contributed by atoms with Gasteiger partial charge in [0.2, 0.25) is 0 Å². The van der Waals surface area contributed by atoms with Crippen molar-refractivity contribution in [2.24, 2.45) is 0 Å². The van der Waals surface area contributed by atoms with E-state index in [0.29, 0.717) is 11.6 Å². The van der Waals surface area contributed by atoms with Crippen molar-refractivity contribution in [1.82, 2.24) is 10.3 Å². The van der Waals surface area contributed by atoms with Crippen molar-refractivity contribution in [2.45, 2.75) is 26.3 Å². The van der Waals surface area contributed by atoms with E-state index in [1.54, 1.807) is 6.07 Å². The molecule has 0 aliphatic heterocycles. The molecule has 0 spiro atoms. The number of methoxy groups -OCH3 is 1. The Morgan fingerprint density at radius 1 is 1.33 bits per heavy atom. The molecule has 4 nitrogen and oxygen atoms in total. The van der Waals surface area contributed by atoms with Gasteiger partial charge in [0.15, 0.2) is 0 Å². The summed E-state index contributed by atoms with van der Waals surface area (Å²) >= 11 is 0. The minimum absolute atomic E-state index is 0.315. The van der Waals surface area contributed by atoms with Gasteiger partial charge >= 0.3 is 5.97 Å². The first kappa shape index (κ1) is 16.1. The fraction of sp³-hybridized carbons (Fsp3) is 0.250. The number of benzene rings is 1. The smallest absolute Gasteiger partial charge is 0.338 e. The first-order chi connectivity index (χ1) is 11.6. The van der Waals surface area contributed by atoms with Crippen molar-refractivity contribution < 1.29 is 9.53 Å². The van der Waals surface area contributed by atoms with E-state index in [4.69, 9.17) is 4.74 Å². The van der Waals surface area contributed by atoms with Crippen molar-refractivity contribution >= 4 is 22.4 Å². The lowest BCUT2D eigenvalue weighted by molar-refractivity contribution is 0.0603. The number of allylic oxidation sites excluding steroid dienone is 5. The zero-order valence-electron chi connectivity index (χ0n) is 14.2. The van der Waals surface area contributed by atoms with Crippen molar-refractivity contribution in [1.29, 1.82) is 0 Å². The van der Waals surface area contributed by atoms with Crippen LogP contribution in [-0.2, 0) is 4.74 Å². The zero-order valence-corrected chi connectivity index (χ0v) is 14.2. The van der Waals surface area contributed by atoms with E-state index >= 15 is 0 Å². The van der Waals surface area contributed by atoms with Crippen LogP contribution in [0.15, 0.2) is 54.3 Å². The second-order valence-electron chi connectivity index (χ2n) is 6.18. The molecule has 1 aromatic carbocycles. The predicted octanol–water partition coefficient (Wildman–Crippen LogP) is 4.18. The summed E-state index contributed by atoms with van der Waals surface area (Å²) in [4.78, 5) is 15.3. The Kier molecular flexibility index (Phi) is 4.56. The molecule has 0 saturated carbocycles. The van der Waals surface area contributed by atoms with Gasteiger partial charge in [0.1, 0.15) is 0 Å². The van der Waals surface area contributed by atoms with E-state index in [9.17, 15) is 4.79 Å². The van der Waals surface area contributed by atoms with Gasteiger partial charge in [-0.2, -0.15) is 0 Å².